The standard InChI is InChI=1S/C10H15F3O2/c1-7(10(11,12)13)15-6-9(14)8-4-2-3-5-8/h7-8H,2-6H2,1H3. The third-order valence-corrected chi connectivity index (χ3v) is 2.75. The molecule has 0 aromatic rings. The summed E-state index contributed by atoms with van der Waals surface area (Å²) in [6.45, 7) is 0.507. The van der Waals surface area contributed by atoms with Crippen molar-refractivity contribution >= 4 is 5.78 Å². The zero-order valence-electron chi connectivity index (χ0n) is 8.64. The van der Waals surface area contributed by atoms with Crippen LogP contribution in [0.3, 0.4) is 0 Å². The molecule has 0 aromatic carbocycles. The molecule has 0 N–H and O–H groups in total. The van der Waals surface area contributed by atoms with Gasteiger partial charge in [-0.25, -0.2) is 0 Å². The van der Waals surface area contributed by atoms with E-state index in [1.165, 1.54) is 0 Å². The highest BCUT2D eigenvalue weighted by molar-refractivity contribution is 5.82. The van der Waals surface area contributed by atoms with E-state index in [2.05, 4.69) is 4.74 Å². The van der Waals surface area contributed by atoms with Crippen molar-refractivity contribution in [1.29, 1.82) is 0 Å². The second kappa shape index (κ2) is 4.96. The number of carbonyl (C=O) groups excluding carboxylic acids is 1. The smallest absolute Gasteiger partial charge is 0.361 e. The normalized spacial score (nSPS) is 20.5. The van der Waals surface area contributed by atoms with Crippen molar-refractivity contribution in [2.75, 3.05) is 6.61 Å². The minimum absolute atomic E-state index is 0.0783. The monoisotopic (exact) mass is 224 g/mol. The van der Waals surface area contributed by atoms with Gasteiger partial charge in [-0.1, -0.05) is 12.8 Å². The maximum absolute atomic E-state index is 12.0. The third kappa shape index (κ3) is 3.81. The highest BCUT2D eigenvalue weighted by atomic mass is 19.4. The molecule has 0 radical (unpaired) electrons. The van der Waals surface area contributed by atoms with Crippen LogP contribution >= 0.6 is 0 Å². The number of Topliss-reactive ketones (excluding diaryl/α,β-unsaturated/α-hetero) is 1. The topological polar surface area (TPSA) is 26.3 Å². The summed E-state index contributed by atoms with van der Waals surface area (Å²) < 4.78 is 40.6. The molecule has 1 aliphatic rings. The van der Waals surface area contributed by atoms with Gasteiger partial charge in [0.2, 0.25) is 0 Å². The SMILES string of the molecule is CC(OCC(=O)C1CCCC1)C(F)(F)F. The molecule has 2 nitrogen and oxygen atoms in total. The molecule has 0 bridgehead atoms. The van der Waals surface area contributed by atoms with Gasteiger partial charge in [-0.2, -0.15) is 13.2 Å². The van der Waals surface area contributed by atoms with Crippen molar-refractivity contribution in [2.45, 2.75) is 44.9 Å². The van der Waals surface area contributed by atoms with E-state index in [-0.39, 0.29) is 11.7 Å². The molecule has 1 saturated carbocycles. The molecule has 0 heterocycles. The average Bonchev–Trinajstić information content (AvgIpc) is 2.64. The fraction of sp³-hybridized carbons (Fsp3) is 0.900. The molecule has 0 saturated heterocycles. The van der Waals surface area contributed by atoms with Gasteiger partial charge < -0.3 is 4.74 Å². The largest absolute Gasteiger partial charge is 0.414 e. The molecule has 1 fully saturated rings. The molecular formula is C10H15F3O2. The zero-order valence-corrected chi connectivity index (χ0v) is 8.64. The molecule has 1 unspecified atom stereocenters. The number of carbonyl (C=O) groups is 1. The Bertz CT molecular complexity index is 219. The molecule has 0 spiro atoms. The predicted molar refractivity (Wildman–Crippen MR) is 48.4 cm³/mol. The average molecular weight is 224 g/mol. The Balaban J connectivity index is 2.27. The van der Waals surface area contributed by atoms with Crippen LogP contribution in [0.1, 0.15) is 32.6 Å². The fourth-order valence-corrected chi connectivity index (χ4v) is 1.67. The van der Waals surface area contributed by atoms with E-state index in [0.29, 0.717) is 0 Å². The lowest BCUT2D eigenvalue weighted by Crippen LogP contribution is -2.31. The first kappa shape index (κ1) is 12.5. The van der Waals surface area contributed by atoms with Crippen LogP contribution in [-0.2, 0) is 9.53 Å². The Labute approximate surface area is 86.8 Å². The van der Waals surface area contributed by atoms with E-state index in [1.54, 1.807) is 0 Å². The molecule has 5 heteroatoms. The van der Waals surface area contributed by atoms with Gasteiger partial charge in [0, 0.05) is 5.92 Å². The summed E-state index contributed by atoms with van der Waals surface area (Å²) in [4.78, 5) is 11.4. The Hall–Kier alpha value is -0.580. The van der Waals surface area contributed by atoms with Crippen LogP contribution in [0.4, 0.5) is 13.2 Å². The third-order valence-electron chi connectivity index (χ3n) is 2.75. The van der Waals surface area contributed by atoms with Crippen LogP contribution in [0.15, 0.2) is 0 Å². The van der Waals surface area contributed by atoms with E-state index < -0.39 is 18.9 Å². The Morgan fingerprint density at radius 2 is 1.93 bits per heavy atom. The van der Waals surface area contributed by atoms with Gasteiger partial charge in [-0.3, -0.25) is 4.79 Å². The second-order valence-corrected chi connectivity index (χ2v) is 3.94. The summed E-state index contributed by atoms with van der Waals surface area (Å²) in [6.07, 6.45) is -2.67. The van der Waals surface area contributed by atoms with Gasteiger partial charge in [0.15, 0.2) is 11.9 Å². The fourth-order valence-electron chi connectivity index (χ4n) is 1.67. The van der Waals surface area contributed by atoms with Crippen LogP contribution in [0.25, 0.3) is 0 Å². The van der Waals surface area contributed by atoms with E-state index in [9.17, 15) is 18.0 Å². The summed E-state index contributed by atoms with van der Waals surface area (Å²) in [5.74, 6) is -0.269. The minimum Gasteiger partial charge on any atom is -0.361 e. The molecule has 0 aromatic heterocycles. The van der Waals surface area contributed by atoms with Gasteiger partial charge in [0.1, 0.15) is 6.61 Å². The lowest BCUT2D eigenvalue weighted by atomic mass is 10.0. The van der Waals surface area contributed by atoms with E-state index >= 15 is 0 Å². The van der Waals surface area contributed by atoms with Crippen LogP contribution in [0, 0.1) is 5.92 Å². The van der Waals surface area contributed by atoms with E-state index in [4.69, 9.17) is 0 Å². The predicted octanol–water partition coefficient (Wildman–Crippen LogP) is 2.71. The summed E-state index contributed by atoms with van der Waals surface area (Å²) in [5.41, 5.74) is 0. The molecule has 15 heavy (non-hydrogen) atoms. The van der Waals surface area contributed by atoms with Crippen molar-refractivity contribution in [3.8, 4) is 0 Å². The van der Waals surface area contributed by atoms with Crippen LogP contribution in [-0.4, -0.2) is 24.7 Å². The lowest BCUT2D eigenvalue weighted by Gasteiger charge is -2.17. The zero-order chi connectivity index (χ0) is 11.5. The second-order valence-electron chi connectivity index (χ2n) is 3.94. The first-order valence-electron chi connectivity index (χ1n) is 5.12. The van der Waals surface area contributed by atoms with E-state index in [0.717, 1.165) is 32.6 Å². The first-order chi connectivity index (χ1) is 6.91. The highest BCUT2D eigenvalue weighted by Gasteiger charge is 2.37. The van der Waals surface area contributed by atoms with Crippen molar-refractivity contribution in [2.24, 2.45) is 5.92 Å². The van der Waals surface area contributed by atoms with Gasteiger partial charge >= 0.3 is 6.18 Å². The van der Waals surface area contributed by atoms with Gasteiger partial charge in [-0.15, -0.1) is 0 Å². The van der Waals surface area contributed by atoms with Crippen LogP contribution < -0.4 is 0 Å². The number of hydrogen-bond acceptors (Lipinski definition) is 2. The van der Waals surface area contributed by atoms with Gasteiger partial charge in [-0.05, 0) is 19.8 Å². The molecule has 0 amide bonds. The van der Waals surface area contributed by atoms with Gasteiger partial charge in [0.25, 0.3) is 0 Å². The molecular weight excluding hydrogens is 209 g/mol. The number of hydrogen-bond donors (Lipinski definition) is 0. The van der Waals surface area contributed by atoms with Crippen molar-refractivity contribution in [3.05, 3.63) is 0 Å². The number of alkyl halides is 3. The van der Waals surface area contributed by atoms with E-state index in [1.807, 2.05) is 0 Å². The highest BCUT2D eigenvalue weighted by Crippen LogP contribution is 2.26. The summed E-state index contributed by atoms with van der Waals surface area (Å²) in [7, 11) is 0. The number of ketones is 1. The summed E-state index contributed by atoms with van der Waals surface area (Å²) in [6, 6.07) is 0. The summed E-state index contributed by atoms with van der Waals surface area (Å²) in [5, 5.41) is 0. The molecule has 88 valence electrons. The van der Waals surface area contributed by atoms with Crippen LogP contribution in [0.2, 0.25) is 0 Å². The number of halogens is 3. The Morgan fingerprint density at radius 1 is 1.40 bits per heavy atom. The van der Waals surface area contributed by atoms with Crippen LogP contribution in [0.5, 0.6) is 0 Å². The maximum Gasteiger partial charge on any atom is 0.414 e. The summed E-state index contributed by atoms with van der Waals surface area (Å²) >= 11 is 0. The molecule has 1 atom stereocenters. The molecule has 1 rings (SSSR count). The molecule has 1 aliphatic carbocycles. The van der Waals surface area contributed by atoms with Crippen molar-refractivity contribution in [3.63, 3.8) is 0 Å². The minimum atomic E-state index is -4.38. The maximum atomic E-state index is 12.0. The number of rotatable bonds is 4. The van der Waals surface area contributed by atoms with Crippen molar-refractivity contribution < 1.29 is 22.7 Å². The first-order valence-corrected chi connectivity index (χ1v) is 5.12. The number of ether oxygens (including phenoxy) is 1. The lowest BCUT2D eigenvalue weighted by molar-refractivity contribution is -0.213. The molecule has 0 aliphatic heterocycles. The quantitative estimate of drug-likeness (QED) is 0.733. The van der Waals surface area contributed by atoms with Crippen molar-refractivity contribution in [1.82, 2.24) is 0 Å². The van der Waals surface area contributed by atoms with Gasteiger partial charge in [0.05, 0.1) is 0 Å². The Kier molecular flexibility index (Phi) is 4.13. The Morgan fingerprint density at radius 3 is 2.40 bits per heavy atom.